The summed E-state index contributed by atoms with van der Waals surface area (Å²) in [6.07, 6.45) is 1.32. The van der Waals surface area contributed by atoms with Crippen molar-refractivity contribution in [3.8, 4) is 0 Å². The molecule has 11 heavy (non-hydrogen) atoms. The average molecular weight is 168 g/mol. The number of carbonyl (C=O) groups excluding carboxylic acids is 1. The van der Waals surface area contributed by atoms with Gasteiger partial charge >= 0.3 is 0 Å². The van der Waals surface area contributed by atoms with Crippen molar-refractivity contribution in [1.82, 2.24) is 4.98 Å². The first-order valence-electron chi connectivity index (χ1n) is 3.02. The van der Waals surface area contributed by atoms with Crippen molar-refractivity contribution in [2.45, 2.75) is 6.92 Å². The van der Waals surface area contributed by atoms with E-state index in [-0.39, 0.29) is 5.56 Å². The average Bonchev–Trinajstić information content (AvgIpc) is 1.94. The van der Waals surface area contributed by atoms with Crippen molar-refractivity contribution in [3.05, 3.63) is 28.0 Å². The molecule has 0 fully saturated rings. The molecule has 0 radical (unpaired) electrons. The molecule has 0 saturated carbocycles. The SMILES string of the molecule is Cc1cc(C(=O)[O-])c[nH]c1=S. The smallest absolute Gasteiger partial charge is 0.106 e. The van der Waals surface area contributed by atoms with Crippen LogP contribution in [0, 0.1) is 11.6 Å². The van der Waals surface area contributed by atoms with E-state index in [0.717, 1.165) is 5.56 Å². The van der Waals surface area contributed by atoms with Crippen LogP contribution in [0.25, 0.3) is 0 Å². The van der Waals surface area contributed by atoms with Gasteiger partial charge in [-0.25, -0.2) is 0 Å². The van der Waals surface area contributed by atoms with E-state index in [0.29, 0.717) is 4.64 Å². The number of rotatable bonds is 1. The van der Waals surface area contributed by atoms with Gasteiger partial charge in [-0.05, 0) is 18.6 Å². The maximum atomic E-state index is 10.3. The zero-order chi connectivity index (χ0) is 8.43. The number of carboxylic acids is 1. The lowest BCUT2D eigenvalue weighted by Gasteiger charge is -2.01. The van der Waals surface area contributed by atoms with E-state index in [1.54, 1.807) is 6.92 Å². The third kappa shape index (κ3) is 1.65. The maximum Gasteiger partial charge on any atom is 0.106 e. The number of aromatic amines is 1. The number of H-pyrrole nitrogens is 1. The normalized spacial score (nSPS) is 9.55. The van der Waals surface area contributed by atoms with Gasteiger partial charge in [-0.2, -0.15) is 0 Å². The van der Waals surface area contributed by atoms with Crippen LogP contribution in [-0.2, 0) is 0 Å². The Morgan fingerprint density at radius 3 is 2.82 bits per heavy atom. The Morgan fingerprint density at radius 1 is 1.73 bits per heavy atom. The third-order valence-electron chi connectivity index (χ3n) is 1.32. The number of aryl methyl sites for hydroxylation is 1. The number of hydrogen-bond donors (Lipinski definition) is 1. The summed E-state index contributed by atoms with van der Waals surface area (Å²) in [7, 11) is 0. The summed E-state index contributed by atoms with van der Waals surface area (Å²) in [4.78, 5) is 12.9. The van der Waals surface area contributed by atoms with Crippen LogP contribution in [0.5, 0.6) is 0 Å². The van der Waals surface area contributed by atoms with E-state index in [9.17, 15) is 9.90 Å². The molecule has 0 atom stereocenters. The van der Waals surface area contributed by atoms with Crippen LogP contribution in [0.4, 0.5) is 0 Å². The van der Waals surface area contributed by atoms with E-state index in [1.807, 2.05) is 0 Å². The molecule has 0 spiro atoms. The van der Waals surface area contributed by atoms with Gasteiger partial charge in [-0.15, -0.1) is 0 Å². The molecule has 0 aromatic carbocycles. The van der Waals surface area contributed by atoms with Gasteiger partial charge in [-0.3, -0.25) is 0 Å². The van der Waals surface area contributed by atoms with Crippen LogP contribution in [0.3, 0.4) is 0 Å². The molecular weight excluding hydrogens is 162 g/mol. The molecular formula is C7H6NO2S-. The molecule has 0 saturated heterocycles. The summed E-state index contributed by atoms with van der Waals surface area (Å²) in [6, 6.07) is 1.48. The Balaban J connectivity index is 3.26. The number of aromatic carboxylic acids is 1. The van der Waals surface area contributed by atoms with Gasteiger partial charge in [0.1, 0.15) is 4.64 Å². The molecule has 1 heterocycles. The van der Waals surface area contributed by atoms with Crippen molar-refractivity contribution in [1.29, 1.82) is 0 Å². The molecule has 4 heteroatoms. The molecule has 1 aromatic heterocycles. The van der Waals surface area contributed by atoms with Gasteiger partial charge in [-0.1, -0.05) is 12.2 Å². The largest absolute Gasteiger partial charge is 0.545 e. The highest BCUT2D eigenvalue weighted by molar-refractivity contribution is 7.71. The quantitative estimate of drug-likeness (QED) is 0.618. The van der Waals surface area contributed by atoms with E-state index < -0.39 is 5.97 Å². The Bertz CT molecular complexity index is 343. The number of hydrogen-bond acceptors (Lipinski definition) is 3. The van der Waals surface area contributed by atoms with Crippen molar-refractivity contribution < 1.29 is 9.90 Å². The zero-order valence-corrected chi connectivity index (χ0v) is 6.70. The number of carboxylic acid groups (broad SMARTS) is 1. The van der Waals surface area contributed by atoms with Gasteiger partial charge in [0.15, 0.2) is 0 Å². The minimum atomic E-state index is -1.20. The van der Waals surface area contributed by atoms with Gasteiger partial charge in [0.05, 0.1) is 5.97 Å². The lowest BCUT2D eigenvalue weighted by molar-refractivity contribution is -0.255. The topological polar surface area (TPSA) is 55.9 Å². The number of nitrogens with one attached hydrogen (secondary N) is 1. The van der Waals surface area contributed by atoms with Crippen molar-refractivity contribution in [2.24, 2.45) is 0 Å². The Kier molecular flexibility index (Phi) is 2.05. The van der Waals surface area contributed by atoms with E-state index in [2.05, 4.69) is 4.98 Å². The highest BCUT2D eigenvalue weighted by Gasteiger charge is 1.93. The second kappa shape index (κ2) is 2.84. The molecule has 0 aliphatic heterocycles. The summed E-state index contributed by atoms with van der Waals surface area (Å²) in [5.41, 5.74) is 0.859. The van der Waals surface area contributed by atoms with Crippen LogP contribution in [-0.4, -0.2) is 11.0 Å². The van der Waals surface area contributed by atoms with Crippen LogP contribution in [0.1, 0.15) is 15.9 Å². The molecule has 0 bridgehead atoms. The van der Waals surface area contributed by atoms with Crippen molar-refractivity contribution >= 4 is 18.2 Å². The second-order valence-electron chi connectivity index (χ2n) is 2.19. The predicted molar refractivity (Wildman–Crippen MR) is 40.7 cm³/mol. The standard InChI is InChI=1S/C7H7NO2S/c1-4-2-5(7(9)10)3-8-6(4)11/h2-3H,1H3,(H,8,11)(H,9,10)/p-1. The van der Waals surface area contributed by atoms with Gasteiger partial charge in [0, 0.05) is 11.8 Å². The fourth-order valence-corrected chi connectivity index (χ4v) is 0.833. The van der Waals surface area contributed by atoms with E-state index in [1.165, 1.54) is 12.3 Å². The summed E-state index contributed by atoms with van der Waals surface area (Å²) < 4.78 is 0.551. The Morgan fingerprint density at radius 2 is 2.36 bits per heavy atom. The molecule has 0 amide bonds. The molecule has 1 rings (SSSR count). The second-order valence-corrected chi connectivity index (χ2v) is 2.60. The summed E-state index contributed by atoms with van der Waals surface area (Å²) >= 11 is 4.83. The molecule has 1 N–H and O–H groups in total. The molecule has 0 aliphatic rings. The molecule has 0 unspecified atom stereocenters. The van der Waals surface area contributed by atoms with Crippen LogP contribution < -0.4 is 5.11 Å². The van der Waals surface area contributed by atoms with Crippen LogP contribution in [0.15, 0.2) is 12.3 Å². The fraction of sp³-hybridized carbons (Fsp3) is 0.143. The first-order valence-corrected chi connectivity index (χ1v) is 3.43. The molecule has 0 aliphatic carbocycles. The monoisotopic (exact) mass is 168 g/mol. The summed E-state index contributed by atoms with van der Waals surface area (Å²) in [6.45, 7) is 1.74. The number of pyridine rings is 1. The first-order chi connectivity index (χ1) is 5.11. The minimum Gasteiger partial charge on any atom is -0.545 e. The third-order valence-corrected chi connectivity index (χ3v) is 1.76. The van der Waals surface area contributed by atoms with Gasteiger partial charge in [0.2, 0.25) is 0 Å². The predicted octanol–water partition coefficient (Wildman–Crippen LogP) is 0.416. The minimum absolute atomic E-state index is 0.121. The lowest BCUT2D eigenvalue weighted by atomic mass is 10.2. The van der Waals surface area contributed by atoms with Crippen molar-refractivity contribution in [3.63, 3.8) is 0 Å². The molecule has 1 aromatic rings. The van der Waals surface area contributed by atoms with Gasteiger partial charge < -0.3 is 14.9 Å². The Hall–Kier alpha value is -1.16. The summed E-state index contributed by atoms with van der Waals surface area (Å²) in [5.74, 6) is -1.20. The Labute approximate surface area is 68.7 Å². The maximum absolute atomic E-state index is 10.3. The van der Waals surface area contributed by atoms with E-state index in [4.69, 9.17) is 12.2 Å². The summed E-state index contributed by atoms with van der Waals surface area (Å²) in [5, 5.41) is 10.3. The van der Waals surface area contributed by atoms with Gasteiger partial charge in [0.25, 0.3) is 0 Å². The molecule has 58 valence electrons. The van der Waals surface area contributed by atoms with Crippen molar-refractivity contribution in [2.75, 3.05) is 0 Å². The van der Waals surface area contributed by atoms with Crippen LogP contribution in [0.2, 0.25) is 0 Å². The number of aromatic nitrogens is 1. The van der Waals surface area contributed by atoms with E-state index >= 15 is 0 Å². The van der Waals surface area contributed by atoms with Crippen LogP contribution >= 0.6 is 12.2 Å². The highest BCUT2D eigenvalue weighted by Crippen LogP contribution is 2.01. The zero-order valence-electron chi connectivity index (χ0n) is 5.88. The fourth-order valence-electron chi connectivity index (χ4n) is 0.715. The highest BCUT2D eigenvalue weighted by atomic mass is 32.1. The lowest BCUT2D eigenvalue weighted by Crippen LogP contribution is -2.22. The molecule has 3 nitrogen and oxygen atoms in total. The number of carbonyl (C=O) groups is 1. The first kappa shape index (κ1) is 7.94.